The van der Waals surface area contributed by atoms with Gasteiger partial charge in [0, 0.05) is 39.3 Å². The lowest BCUT2D eigenvalue weighted by atomic mass is 10.00. The molecule has 0 amide bonds. The zero-order valence-corrected chi connectivity index (χ0v) is 15.8. The molecule has 1 aromatic rings. The molecule has 25 heavy (non-hydrogen) atoms. The minimum absolute atomic E-state index is 0.216. The first-order valence-corrected chi connectivity index (χ1v) is 10.4. The summed E-state index contributed by atoms with van der Waals surface area (Å²) < 4.78 is 45.9. The van der Waals surface area contributed by atoms with Crippen molar-refractivity contribution in [3.05, 3.63) is 29.6 Å². The number of nitrogens with zero attached hydrogens (tertiary/aromatic N) is 2. The van der Waals surface area contributed by atoms with Crippen molar-refractivity contribution < 1.29 is 17.5 Å². The normalized spacial score (nSPS) is 22.4. The smallest absolute Gasteiger partial charge is 0.243 e. The average molecular weight is 370 g/mol. The van der Waals surface area contributed by atoms with Crippen LogP contribution in [0, 0.1) is 12.7 Å². The second-order valence-electron chi connectivity index (χ2n) is 7.02. The molecular weight excluding hydrogens is 343 g/mol. The van der Waals surface area contributed by atoms with Gasteiger partial charge in [0.2, 0.25) is 10.0 Å². The minimum atomic E-state index is -3.55. The lowest BCUT2D eigenvalue weighted by molar-refractivity contribution is 0.0190. The molecule has 0 atom stereocenters. The molecule has 2 aliphatic rings. The Morgan fingerprint density at radius 3 is 2.28 bits per heavy atom. The Bertz CT molecular complexity index is 694. The number of piperidine rings is 2. The molecule has 0 unspecified atom stereocenters. The van der Waals surface area contributed by atoms with Gasteiger partial charge >= 0.3 is 0 Å². The highest BCUT2D eigenvalue weighted by Crippen LogP contribution is 2.27. The van der Waals surface area contributed by atoms with E-state index in [1.54, 1.807) is 18.3 Å². The number of aryl methyl sites for hydroxylation is 1. The first-order valence-electron chi connectivity index (χ1n) is 8.95. The maximum absolute atomic E-state index is 13.3. The maximum atomic E-state index is 13.3. The fourth-order valence-electron chi connectivity index (χ4n) is 3.97. The number of ether oxygens (including phenoxy) is 1. The second kappa shape index (κ2) is 7.70. The number of benzene rings is 1. The topological polar surface area (TPSA) is 49.9 Å². The van der Waals surface area contributed by atoms with Crippen molar-refractivity contribution in [1.29, 1.82) is 0 Å². The van der Waals surface area contributed by atoms with Crippen molar-refractivity contribution in [1.82, 2.24) is 9.21 Å². The highest BCUT2D eigenvalue weighted by molar-refractivity contribution is 7.89. The summed E-state index contributed by atoms with van der Waals surface area (Å²) >= 11 is 0. The molecule has 0 bridgehead atoms. The Hall–Kier alpha value is -1.02. The number of halogens is 1. The molecule has 1 aromatic carbocycles. The predicted molar refractivity (Wildman–Crippen MR) is 94.5 cm³/mol. The quantitative estimate of drug-likeness (QED) is 0.817. The maximum Gasteiger partial charge on any atom is 0.243 e. The van der Waals surface area contributed by atoms with Crippen molar-refractivity contribution in [2.45, 2.75) is 49.6 Å². The van der Waals surface area contributed by atoms with Crippen molar-refractivity contribution in [3.8, 4) is 0 Å². The van der Waals surface area contributed by atoms with Gasteiger partial charge in [0.15, 0.2) is 0 Å². The first-order chi connectivity index (χ1) is 11.9. The van der Waals surface area contributed by atoms with E-state index in [2.05, 4.69) is 4.90 Å². The predicted octanol–water partition coefficient (Wildman–Crippen LogP) is 2.40. The van der Waals surface area contributed by atoms with Crippen LogP contribution in [0.1, 0.15) is 31.2 Å². The molecule has 2 aliphatic heterocycles. The van der Waals surface area contributed by atoms with Gasteiger partial charge in [-0.1, -0.05) is 0 Å². The summed E-state index contributed by atoms with van der Waals surface area (Å²) in [6.45, 7) is 4.73. The fraction of sp³-hybridized carbons (Fsp3) is 0.667. The van der Waals surface area contributed by atoms with Crippen molar-refractivity contribution in [2.75, 3.05) is 33.3 Å². The third-order valence-electron chi connectivity index (χ3n) is 5.50. The largest absolute Gasteiger partial charge is 0.381 e. The van der Waals surface area contributed by atoms with E-state index in [4.69, 9.17) is 4.74 Å². The van der Waals surface area contributed by atoms with Crippen LogP contribution in [0.4, 0.5) is 4.39 Å². The van der Waals surface area contributed by atoms with Gasteiger partial charge in [-0.05, 0) is 56.4 Å². The summed E-state index contributed by atoms with van der Waals surface area (Å²) in [7, 11) is -1.78. The molecule has 140 valence electrons. The van der Waals surface area contributed by atoms with Crippen LogP contribution in [0.2, 0.25) is 0 Å². The summed E-state index contributed by atoms with van der Waals surface area (Å²) in [4.78, 5) is 2.69. The molecule has 0 radical (unpaired) electrons. The van der Waals surface area contributed by atoms with Gasteiger partial charge in [0.25, 0.3) is 0 Å². The highest BCUT2D eigenvalue weighted by Gasteiger charge is 2.33. The third kappa shape index (κ3) is 4.05. The number of likely N-dealkylation sites (tertiary alicyclic amines) is 1. The molecule has 2 heterocycles. The molecule has 5 nitrogen and oxygen atoms in total. The van der Waals surface area contributed by atoms with Gasteiger partial charge in [-0.25, -0.2) is 12.8 Å². The summed E-state index contributed by atoms with van der Waals surface area (Å²) in [6, 6.07) is 4.31. The lowest BCUT2D eigenvalue weighted by Crippen LogP contribution is -2.49. The van der Waals surface area contributed by atoms with E-state index < -0.39 is 15.8 Å². The zero-order chi connectivity index (χ0) is 18.0. The number of sulfonamides is 1. The number of rotatable bonds is 4. The second-order valence-corrected chi connectivity index (χ2v) is 8.92. The molecule has 7 heteroatoms. The van der Waals surface area contributed by atoms with Crippen molar-refractivity contribution >= 4 is 10.0 Å². The number of methoxy groups -OCH3 is 1. The van der Waals surface area contributed by atoms with Crippen LogP contribution in [0.5, 0.6) is 0 Å². The van der Waals surface area contributed by atoms with E-state index in [0.29, 0.717) is 30.8 Å². The van der Waals surface area contributed by atoms with Crippen LogP contribution in [0.25, 0.3) is 0 Å². The average Bonchev–Trinajstić information content (AvgIpc) is 2.61. The van der Waals surface area contributed by atoms with Gasteiger partial charge in [-0.3, -0.25) is 0 Å². The summed E-state index contributed by atoms with van der Waals surface area (Å²) in [6.07, 6.45) is 4.14. The Morgan fingerprint density at radius 1 is 1.08 bits per heavy atom. The number of hydrogen-bond acceptors (Lipinski definition) is 4. The van der Waals surface area contributed by atoms with Gasteiger partial charge < -0.3 is 9.64 Å². The van der Waals surface area contributed by atoms with E-state index in [9.17, 15) is 12.8 Å². The third-order valence-corrected chi connectivity index (χ3v) is 7.56. The fourth-order valence-corrected chi connectivity index (χ4v) is 5.64. The molecule has 0 aliphatic carbocycles. The Kier molecular flexibility index (Phi) is 5.78. The Balaban J connectivity index is 1.62. The molecule has 2 fully saturated rings. The van der Waals surface area contributed by atoms with E-state index in [1.165, 1.54) is 18.2 Å². The van der Waals surface area contributed by atoms with Crippen LogP contribution in [0.15, 0.2) is 23.1 Å². The van der Waals surface area contributed by atoms with E-state index in [0.717, 1.165) is 38.8 Å². The van der Waals surface area contributed by atoms with Gasteiger partial charge in [0.05, 0.1) is 11.0 Å². The molecule has 0 N–H and O–H groups in total. The minimum Gasteiger partial charge on any atom is -0.381 e. The molecule has 0 aromatic heterocycles. The standard InChI is InChI=1S/C18H27FN2O3S/c1-14-13-15(19)3-4-18(14)25(22,23)21-11-5-16(6-12-21)20-9-7-17(24-2)8-10-20/h3-4,13,16-17H,5-12H2,1-2H3. The van der Waals surface area contributed by atoms with Gasteiger partial charge in [-0.15, -0.1) is 0 Å². The van der Waals surface area contributed by atoms with Crippen LogP contribution in [-0.2, 0) is 14.8 Å². The highest BCUT2D eigenvalue weighted by atomic mass is 32.2. The van der Waals surface area contributed by atoms with Crippen LogP contribution < -0.4 is 0 Å². The van der Waals surface area contributed by atoms with Crippen LogP contribution in [-0.4, -0.2) is 63.1 Å². The van der Waals surface area contributed by atoms with E-state index in [1.807, 2.05) is 0 Å². The Labute approximate surface area is 149 Å². The summed E-state index contributed by atoms with van der Waals surface area (Å²) in [5, 5.41) is 0. The van der Waals surface area contributed by atoms with Gasteiger partial charge in [-0.2, -0.15) is 4.31 Å². The first kappa shape index (κ1) is 18.8. The van der Waals surface area contributed by atoms with E-state index in [-0.39, 0.29) is 4.90 Å². The SMILES string of the molecule is COC1CCN(C2CCN(S(=O)(=O)c3ccc(F)cc3C)CC2)CC1. The molecule has 2 saturated heterocycles. The Morgan fingerprint density at radius 2 is 1.72 bits per heavy atom. The zero-order valence-electron chi connectivity index (χ0n) is 14.9. The van der Waals surface area contributed by atoms with Gasteiger partial charge in [0.1, 0.15) is 5.82 Å². The summed E-state index contributed by atoms with van der Waals surface area (Å²) in [5.41, 5.74) is 0.462. The molecule has 0 spiro atoms. The molecule has 3 rings (SSSR count). The van der Waals surface area contributed by atoms with Crippen LogP contribution >= 0.6 is 0 Å². The summed E-state index contributed by atoms with van der Waals surface area (Å²) in [5.74, 6) is -0.408. The lowest BCUT2D eigenvalue weighted by Gasteiger charge is -2.41. The monoisotopic (exact) mass is 370 g/mol. The molecule has 0 saturated carbocycles. The van der Waals surface area contributed by atoms with Crippen molar-refractivity contribution in [2.24, 2.45) is 0 Å². The van der Waals surface area contributed by atoms with Crippen LogP contribution in [0.3, 0.4) is 0 Å². The number of hydrogen-bond donors (Lipinski definition) is 0. The van der Waals surface area contributed by atoms with E-state index >= 15 is 0 Å². The van der Waals surface area contributed by atoms with Crippen molar-refractivity contribution in [3.63, 3.8) is 0 Å². The molecular formula is C18H27FN2O3S.